The Kier molecular flexibility index (Phi) is 17.4. The van der Waals surface area contributed by atoms with Crippen LogP contribution >= 0.6 is 0 Å². The maximum atomic E-state index is 12.3. The third-order valence-corrected chi connectivity index (χ3v) is 16.7. The molecule has 18 nitrogen and oxygen atoms in total. The second-order valence-corrected chi connectivity index (χ2v) is 26.7. The minimum absolute atomic E-state index is 0.163. The van der Waals surface area contributed by atoms with Crippen molar-refractivity contribution in [2.24, 2.45) is 0 Å². The number of carbonyl (C=O) groups excluding carboxylic acids is 1. The molecular formula is C51H68N3O15S4+. The molecule has 1 amide bonds. The predicted octanol–water partition coefficient (Wildman–Crippen LogP) is 8.86. The summed E-state index contributed by atoms with van der Waals surface area (Å²) in [5, 5.41) is 2.78. The minimum atomic E-state index is -4.55. The zero-order chi connectivity index (χ0) is 54.0. The molecule has 400 valence electrons. The van der Waals surface area contributed by atoms with Crippen molar-refractivity contribution >= 4 is 63.7 Å². The number of nitrogens with one attached hydrogen (secondary N) is 1. The second-order valence-electron chi connectivity index (χ2n) is 20.7. The number of amides is 1. The Balaban J connectivity index is 1.41. The van der Waals surface area contributed by atoms with Crippen LogP contribution in [0.25, 0.3) is 0 Å². The number of allylic oxidation sites excluding steroid dienone is 5. The van der Waals surface area contributed by atoms with Crippen molar-refractivity contribution in [2.75, 3.05) is 36.0 Å². The van der Waals surface area contributed by atoms with Gasteiger partial charge >= 0.3 is 6.09 Å². The number of hydrogen-bond acceptors (Lipinski definition) is 12. The molecule has 0 fully saturated rings. The van der Waals surface area contributed by atoms with Gasteiger partial charge < -0.3 is 19.7 Å². The van der Waals surface area contributed by atoms with Crippen LogP contribution in [0, 0.1) is 0 Å². The summed E-state index contributed by atoms with van der Waals surface area (Å²) in [4.78, 5) is 13.7. The minimum Gasteiger partial charge on any atom is -0.457 e. The number of hydrogen-bond donors (Lipinski definition) is 5. The van der Waals surface area contributed by atoms with Crippen molar-refractivity contribution < 1.29 is 70.7 Å². The van der Waals surface area contributed by atoms with E-state index in [1.165, 1.54) is 24.3 Å². The summed E-state index contributed by atoms with van der Waals surface area (Å²) in [6.45, 7) is 14.2. The lowest BCUT2D eigenvalue weighted by Gasteiger charge is -2.28. The lowest BCUT2D eigenvalue weighted by Crippen LogP contribution is -2.33. The summed E-state index contributed by atoms with van der Waals surface area (Å²) in [7, 11) is -17.5. The molecule has 2 aliphatic heterocycles. The molecule has 2 heterocycles. The van der Waals surface area contributed by atoms with E-state index < -0.39 is 74.5 Å². The van der Waals surface area contributed by atoms with Crippen LogP contribution in [0.2, 0.25) is 0 Å². The van der Waals surface area contributed by atoms with Gasteiger partial charge in [0.2, 0.25) is 5.69 Å². The average molecular weight is 1090 g/mol. The Morgan fingerprint density at radius 3 is 1.93 bits per heavy atom. The first kappa shape index (κ1) is 57.3. The fourth-order valence-electron chi connectivity index (χ4n) is 9.81. The van der Waals surface area contributed by atoms with E-state index in [2.05, 4.69) is 9.89 Å². The van der Waals surface area contributed by atoms with Crippen LogP contribution in [0.5, 0.6) is 5.75 Å². The Morgan fingerprint density at radius 1 is 0.726 bits per heavy atom. The molecule has 0 unspecified atom stereocenters. The molecule has 0 aromatic heterocycles. The molecular weight excluding hydrogens is 1020 g/mol. The van der Waals surface area contributed by atoms with Crippen molar-refractivity contribution in [3.8, 4) is 5.75 Å². The normalized spacial score (nSPS) is 18.1. The van der Waals surface area contributed by atoms with Crippen molar-refractivity contribution in [3.63, 3.8) is 0 Å². The maximum absolute atomic E-state index is 12.3. The highest BCUT2D eigenvalue weighted by Crippen LogP contribution is 2.49. The fourth-order valence-corrected chi connectivity index (χ4v) is 12.0. The molecule has 1 aliphatic carbocycles. The van der Waals surface area contributed by atoms with Crippen molar-refractivity contribution in [3.05, 3.63) is 112 Å². The van der Waals surface area contributed by atoms with Crippen molar-refractivity contribution in [1.29, 1.82) is 0 Å². The largest absolute Gasteiger partial charge is 0.457 e. The zero-order valence-electron chi connectivity index (χ0n) is 42.3. The van der Waals surface area contributed by atoms with Gasteiger partial charge in [0.25, 0.3) is 40.5 Å². The van der Waals surface area contributed by atoms with Crippen LogP contribution in [-0.2, 0) is 62.5 Å². The first-order valence-corrected chi connectivity index (χ1v) is 30.3. The third-order valence-electron chi connectivity index (χ3n) is 13.4. The first-order chi connectivity index (χ1) is 33.7. The zero-order valence-corrected chi connectivity index (χ0v) is 45.6. The lowest BCUT2D eigenvalue weighted by atomic mass is 9.79. The van der Waals surface area contributed by atoms with Gasteiger partial charge in [0.1, 0.15) is 23.7 Å². The topological polar surface area (TPSA) is 271 Å². The summed E-state index contributed by atoms with van der Waals surface area (Å²) in [6, 6.07) is 16.3. The van der Waals surface area contributed by atoms with Crippen LogP contribution in [-0.4, -0.2) is 105 Å². The Bertz CT molecular complexity index is 3190. The number of anilines is 1. The van der Waals surface area contributed by atoms with Gasteiger partial charge in [0.05, 0.1) is 26.7 Å². The van der Waals surface area contributed by atoms with Crippen LogP contribution < -0.4 is 15.0 Å². The molecule has 73 heavy (non-hydrogen) atoms. The highest BCUT2D eigenvalue weighted by Gasteiger charge is 2.46. The molecule has 5 N–H and O–H groups in total. The lowest BCUT2D eigenvalue weighted by molar-refractivity contribution is -0.440. The summed E-state index contributed by atoms with van der Waals surface area (Å²) in [5.41, 5.74) is 4.97. The fraction of sp³-hybridized carbons (Fsp3) is 0.490. The number of unbranched alkanes of at least 4 members (excludes halogenated alkanes) is 2. The van der Waals surface area contributed by atoms with Gasteiger partial charge in [-0.2, -0.15) is 38.2 Å². The summed E-state index contributed by atoms with van der Waals surface area (Å²) < 4.78 is 149. The number of alkyl carbamates (subject to hydrolysis) is 1. The Morgan fingerprint density at radius 2 is 1.33 bits per heavy atom. The summed E-state index contributed by atoms with van der Waals surface area (Å²) >= 11 is 0. The van der Waals surface area contributed by atoms with Gasteiger partial charge in [-0.1, -0.05) is 32.1 Å². The molecule has 6 rings (SSSR count). The van der Waals surface area contributed by atoms with Gasteiger partial charge in [-0.15, -0.1) is 0 Å². The van der Waals surface area contributed by atoms with Crippen molar-refractivity contribution in [1.82, 2.24) is 5.32 Å². The molecule has 0 radical (unpaired) electrons. The molecule has 0 spiro atoms. The van der Waals surface area contributed by atoms with Crippen LogP contribution in [0.4, 0.5) is 16.2 Å². The number of carbonyl (C=O) groups is 1. The van der Waals surface area contributed by atoms with E-state index in [1.54, 1.807) is 32.9 Å². The summed E-state index contributed by atoms with van der Waals surface area (Å²) in [5.74, 6) is 0.326. The van der Waals surface area contributed by atoms with E-state index in [4.69, 9.17) is 9.47 Å². The van der Waals surface area contributed by atoms with Gasteiger partial charge in [0.15, 0.2) is 5.71 Å². The van der Waals surface area contributed by atoms with Gasteiger partial charge in [-0.05, 0) is 157 Å². The standard InChI is InChI=1S/C51H67N3O15S4/c1-49(2,3)69-48(55)52-28-27-35-15-19-38(20-16-35)68-47-36(17-25-45-50(4,5)41-33-39(72(62,63)64)21-23-43(41)53(45)29-8-10-31-70(56,57)58)13-12-14-37(47)18-26-46-51(6,7)42-34-40(73(65,66)67)22-24-44(42)54(46)30-9-11-32-71(59,60)61/h15-17,19-25,33-34H,8-14,18,26-32H2,1-7H3,(H4-,52,55,56,57,58,59,60,61,62,63,64,65,66,67)/p+1/b36-17+,45-25+. The van der Waals surface area contributed by atoms with E-state index in [0.717, 1.165) is 34.5 Å². The van der Waals surface area contributed by atoms with E-state index >= 15 is 0 Å². The predicted molar refractivity (Wildman–Crippen MR) is 278 cm³/mol. The van der Waals surface area contributed by atoms with Crippen LogP contribution in [0.3, 0.4) is 0 Å². The molecule has 3 aliphatic rings. The molecule has 22 heteroatoms. The van der Waals surface area contributed by atoms with E-state index in [9.17, 15) is 56.7 Å². The number of rotatable bonds is 21. The molecule has 0 saturated carbocycles. The SMILES string of the molecule is CC(C)(C)OC(=O)NCCc1ccc(OC2=C(CCC3=[N+](CCCCS(=O)(=O)O)c4ccc(S(=O)(=O)O)cc4C3(C)C)CCC/C2=C\C=C2\N(CCCCS(=O)(=O)O)c3ccc(S(=O)(=O)O)cc3C2(C)C)cc1. The number of ether oxygens (including phenoxy) is 2. The maximum Gasteiger partial charge on any atom is 0.407 e. The number of fused-ring (bicyclic) bond motifs is 2. The third kappa shape index (κ3) is 14.9. The van der Waals surface area contributed by atoms with Crippen molar-refractivity contribution in [2.45, 2.75) is 139 Å². The van der Waals surface area contributed by atoms with Gasteiger partial charge in [-0.25, -0.2) is 4.79 Å². The smallest absolute Gasteiger partial charge is 0.407 e. The molecule has 0 bridgehead atoms. The van der Waals surface area contributed by atoms with Gasteiger partial charge in [-0.3, -0.25) is 18.2 Å². The Hall–Kier alpha value is -4.94. The Labute approximate surface area is 430 Å². The monoisotopic (exact) mass is 1090 g/mol. The van der Waals surface area contributed by atoms with E-state index in [0.29, 0.717) is 98.6 Å². The van der Waals surface area contributed by atoms with E-state index in [-0.39, 0.29) is 22.6 Å². The number of benzene rings is 3. The highest BCUT2D eigenvalue weighted by molar-refractivity contribution is 7.86. The quantitative estimate of drug-likeness (QED) is 0.0378. The number of nitrogens with zero attached hydrogens (tertiary/aromatic N) is 2. The average Bonchev–Trinajstić information content (AvgIpc) is 3.61. The van der Waals surface area contributed by atoms with Gasteiger partial charge in [0, 0.05) is 54.4 Å². The highest BCUT2D eigenvalue weighted by atomic mass is 32.2. The molecule has 0 atom stereocenters. The van der Waals surface area contributed by atoms with Crippen LogP contribution in [0.15, 0.2) is 105 Å². The van der Waals surface area contributed by atoms with Crippen LogP contribution in [0.1, 0.15) is 123 Å². The molecule has 0 saturated heterocycles. The van der Waals surface area contributed by atoms with E-state index in [1.807, 2.05) is 69.0 Å². The first-order valence-electron chi connectivity index (χ1n) is 24.2. The summed E-state index contributed by atoms with van der Waals surface area (Å²) in [6.07, 6.45) is 8.01. The second kappa shape index (κ2) is 22.1. The molecule has 3 aromatic rings. The molecule has 3 aromatic carbocycles.